The topological polar surface area (TPSA) is 17.8 Å². The van der Waals surface area contributed by atoms with Gasteiger partial charge in [-0.05, 0) is 83.3 Å². The third kappa shape index (κ3) is 7.95. The molecule has 0 saturated carbocycles. The summed E-state index contributed by atoms with van der Waals surface area (Å²) in [6.07, 6.45) is 8.61. The van der Waals surface area contributed by atoms with Crippen LogP contribution in [0.3, 0.4) is 0 Å². The van der Waals surface area contributed by atoms with Gasteiger partial charge in [-0.1, -0.05) is 103 Å². The molecule has 3 nitrogen and oxygen atoms in total. The minimum atomic E-state index is 0.829. The molecular formula is C44H41N2O+. The Morgan fingerprint density at radius 3 is 1.09 bits per heavy atom. The van der Waals surface area contributed by atoms with Gasteiger partial charge >= 0.3 is 11.5 Å². The van der Waals surface area contributed by atoms with Crippen LogP contribution in [0.4, 0.5) is 11.4 Å². The molecule has 0 aliphatic rings. The van der Waals surface area contributed by atoms with Crippen LogP contribution in [-0.2, 0) is 0 Å². The summed E-state index contributed by atoms with van der Waals surface area (Å²) in [5, 5.41) is 0. The first-order chi connectivity index (χ1) is 22.8. The van der Waals surface area contributed by atoms with Gasteiger partial charge in [0.05, 0.1) is 23.3 Å². The van der Waals surface area contributed by atoms with E-state index >= 15 is 0 Å². The van der Waals surface area contributed by atoms with Gasteiger partial charge in [-0.2, -0.15) is 0 Å². The van der Waals surface area contributed by atoms with E-state index in [0.29, 0.717) is 0 Å². The molecule has 0 amide bonds. The molecule has 0 aliphatic carbocycles. The van der Waals surface area contributed by atoms with Gasteiger partial charge in [0, 0.05) is 45.1 Å². The monoisotopic (exact) mass is 613 g/mol. The van der Waals surface area contributed by atoms with Crippen molar-refractivity contribution >= 4 is 35.7 Å². The molecule has 3 heteroatoms. The van der Waals surface area contributed by atoms with Crippen molar-refractivity contribution in [2.75, 3.05) is 38.0 Å². The Balaban J connectivity index is 1.23. The fraction of sp³-hybridized carbons (Fsp3) is 0.114. The zero-order valence-corrected chi connectivity index (χ0v) is 27.8. The van der Waals surface area contributed by atoms with Gasteiger partial charge in [-0.15, -0.1) is 0 Å². The Bertz CT molecular complexity index is 1910. The van der Waals surface area contributed by atoms with Gasteiger partial charge in [0.25, 0.3) is 0 Å². The van der Waals surface area contributed by atoms with Gasteiger partial charge in [-0.3, -0.25) is 0 Å². The van der Waals surface area contributed by atoms with Crippen molar-refractivity contribution in [2.24, 2.45) is 0 Å². The maximum Gasteiger partial charge on any atom is 0.361 e. The Kier molecular flexibility index (Phi) is 9.45. The number of hydrogen-bond donors (Lipinski definition) is 0. The molecule has 0 fully saturated rings. The number of anilines is 2. The number of nitrogens with zero attached hydrogens (tertiary/aromatic N) is 2. The molecule has 1 aromatic heterocycles. The highest BCUT2D eigenvalue weighted by atomic mass is 16.3. The first kappa shape index (κ1) is 31.3. The predicted molar refractivity (Wildman–Crippen MR) is 204 cm³/mol. The van der Waals surface area contributed by atoms with Crippen LogP contribution >= 0.6 is 0 Å². The minimum Gasteiger partial charge on any atom is -0.378 e. The first-order valence-electron chi connectivity index (χ1n) is 16.0. The molecular weight excluding hydrogens is 572 g/mol. The fourth-order valence-electron chi connectivity index (χ4n) is 5.37. The van der Waals surface area contributed by atoms with E-state index in [1.807, 2.05) is 0 Å². The van der Waals surface area contributed by atoms with E-state index in [-0.39, 0.29) is 0 Å². The van der Waals surface area contributed by atoms with Crippen molar-refractivity contribution in [2.45, 2.75) is 6.92 Å². The molecule has 0 saturated heterocycles. The van der Waals surface area contributed by atoms with Gasteiger partial charge in [0.1, 0.15) is 0 Å². The van der Waals surface area contributed by atoms with Crippen molar-refractivity contribution in [3.8, 4) is 33.8 Å². The molecule has 47 heavy (non-hydrogen) atoms. The Hall–Kier alpha value is -5.67. The average molecular weight is 614 g/mol. The van der Waals surface area contributed by atoms with Crippen molar-refractivity contribution < 1.29 is 4.42 Å². The molecule has 6 aromatic rings. The van der Waals surface area contributed by atoms with E-state index < -0.39 is 0 Å². The largest absolute Gasteiger partial charge is 0.378 e. The van der Waals surface area contributed by atoms with E-state index in [9.17, 15) is 0 Å². The lowest BCUT2D eigenvalue weighted by molar-refractivity contribution is 0.582. The van der Waals surface area contributed by atoms with Crippen LogP contribution < -0.4 is 9.80 Å². The molecule has 0 spiro atoms. The Morgan fingerprint density at radius 1 is 0.383 bits per heavy atom. The van der Waals surface area contributed by atoms with E-state index in [1.165, 1.54) is 22.4 Å². The van der Waals surface area contributed by atoms with Crippen LogP contribution in [0.1, 0.15) is 27.8 Å². The van der Waals surface area contributed by atoms with Crippen LogP contribution in [0, 0.1) is 6.92 Å². The molecule has 6 rings (SSSR count). The molecule has 0 bridgehead atoms. The van der Waals surface area contributed by atoms with E-state index in [1.54, 1.807) is 0 Å². The third-order valence-electron chi connectivity index (χ3n) is 8.32. The maximum atomic E-state index is 6.56. The highest BCUT2D eigenvalue weighted by Crippen LogP contribution is 2.34. The van der Waals surface area contributed by atoms with Crippen LogP contribution in [0.2, 0.25) is 0 Å². The molecule has 0 radical (unpaired) electrons. The number of benzene rings is 5. The van der Waals surface area contributed by atoms with Gasteiger partial charge < -0.3 is 9.80 Å². The van der Waals surface area contributed by atoms with Crippen LogP contribution in [0.5, 0.6) is 0 Å². The highest BCUT2D eigenvalue weighted by molar-refractivity contribution is 5.77. The van der Waals surface area contributed by atoms with E-state index in [4.69, 9.17) is 4.42 Å². The molecule has 232 valence electrons. The number of hydrogen-bond acceptors (Lipinski definition) is 2. The molecule has 5 aromatic carbocycles. The van der Waals surface area contributed by atoms with Gasteiger partial charge in [0.15, 0.2) is 0 Å². The molecule has 0 N–H and O–H groups in total. The summed E-state index contributed by atoms with van der Waals surface area (Å²) in [7, 11) is 8.22. The van der Waals surface area contributed by atoms with Gasteiger partial charge in [-0.25, -0.2) is 4.42 Å². The summed E-state index contributed by atoms with van der Waals surface area (Å²) in [5.41, 5.74) is 12.6. The quantitative estimate of drug-likeness (QED) is 0.119. The second-order valence-electron chi connectivity index (χ2n) is 12.3. The molecule has 0 aliphatic heterocycles. The molecule has 1 heterocycles. The van der Waals surface area contributed by atoms with Crippen LogP contribution in [0.15, 0.2) is 138 Å². The minimum absolute atomic E-state index is 0.829. The van der Waals surface area contributed by atoms with Crippen molar-refractivity contribution in [3.63, 3.8) is 0 Å². The number of rotatable bonds is 9. The Labute approximate surface area is 279 Å². The molecule has 0 unspecified atom stereocenters. The number of aryl methyl sites for hydroxylation is 1. The smallest absolute Gasteiger partial charge is 0.361 e. The lowest BCUT2D eigenvalue weighted by Gasteiger charge is -2.13. The summed E-state index contributed by atoms with van der Waals surface area (Å²) in [5.74, 6) is 1.66. The zero-order valence-electron chi connectivity index (χ0n) is 27.8. The normalized spacial score (nSPS) is 11.3. The van der Waals surface area contributed by atoms with Crippen LogP contribution in [0.25, 0.3) is 58.1 Å². The summed E-state index contributed by atoms with van der Waals surface area (Å²) in [6.45, 7) is 2.11. The predicted octanol–water partition coefficient (Wildman–Crippen LogP) is 11.3. The van der Waals surface area contributed by atoms with Gasteiger partial charge in [0.2, 0.25) is 0 Å². The fourth-order valence-corrected chi connectivity index (χ4v) is 5.37. The summed E-state index contributed by atoms with van der Waals surface area (Å²) >= 11 is 0. The van der Waals surface area contributed by atoms with Crippen LogP contribution in [-0.4, -0.2) is 28.2 Å². The maximum absolute atomic E-state index is 6.56. The second kappa shape index (κ2) is 14.2. The van der Waals surface area contributed by atoms with Crippen molar-refractivity contribution in [1.82, 2.24) is 0 Å². The van der Waals surface area contributed by atoms with E-state index in [0.717, 1.165) is 50.6 Å². The van der Waals surface area contributed by atoms with Crippen molar-refractivity contribution in [1.29, 1.82) is 0 Å². The third-order valence-corrected chi connectivity index (χ3v) is 8.32. The Morgan fingerprint density at radius 2 is 0.702 bits per heavy atom. The zero-order chi connectivity index (χ0) is 32.8. The van der Waals surface area contributed by atoms with E-state index in [2.05, 4.69) is 203 Å². The summed E-state index contributed by atoms with van der Waals surface area (Å²) in [4.78, 5) is 4.22. The highest BCUT2D eigenvalue weighted by Gasteiger charge is 2.21. The summed E-state index contributed by atoms with van der Waals surface area (Å²) in [6, 6.07) is 47.2. The lowest BCUT2D eigenvalue weighted by atomic mass is 10.0. The SMILES string of the molecule is Cc1ccc(/C=C/c2ccc(/C=C/c3ccc(-c4cc(-c5ccc(N(C)C)cc5)cc(-c5ccc(N(C)C)cc5)[o+]4)cc3)cc2)cc1. The first-order valence-corrected chi connectivity index (χ1v) is 16.0. The standard InChI is InChI=1S/C44H41N2O/c1-32-6-8-33(9-7-32)10-11-34-12-14-35(15-13-34)16-17-36-18-20-38(21-19-36)43-30-40(37-22-26-41(27-23-37)45(2)3)31-44(47-43)39-24-28-42(29-25-39)46(4)5/h6-31H,1-5H3/q+1/b11-10+,17-16+. The summed E-state index contributed by atoms with van der Waals surface area (Å²) < 4.78 is 6.56. The lowest BCUT2D eigenvalue weighted by Crippen LogP contribution is -2.08. The van der Waals surface area contributed by atoms with Crippen molar-refractivity contribution in [3.05, 3.63) is 161 Å². The molecule has 0 atom stereocenters. The average Bonchev–Trinajstić information content (AvgIpc) is 3.11. The second-order valence-corrected chi connectivity index (χ2v) is 12.3.